The molecule has 0 radical (unpaired) electrons. The van der Waals surface area contributed by atoms with Crippen molar-refractivity contribution in [2.45, 2.75) is 19.4 Å². The largest absolute Gasteiger partial charge is 0.335 e. The van der Waals surface area contributed by atoms with Crippen LogP contribution in [0.3, 0.4) is 0 Å². The van der Waals surface area contributed by atoms with Crippen molar-refractivity contribution in [3.05, 3.63) is 34.1 Å². The smallest absolute Gasteiger partial charge is 0.258 e. The van der Waals surface area contributed by atoms with Crippen LogP contribution < -0.4 is 5.73 Å². The monoisotopic (exact) mass is 314 g/mol. The van der Waals surface area contributed by atoms with Gasteiger partial charge in [-0.1, -0.05) is 6.07 Å². The van der Waals surface area contributed by atoms with E-state index in [0.29, 0.717) is 23.5 Å². The van der Waals surface area contributed by atoms with Crippen LogP contribution in [0.4, 0.5) is 4.39 Å². The maximum absolute atomic E-state index is 13.8. The highest BCUT2D eigenvalue weighted by atomic mass is 79.9. The lowest BCUT2D eigenvalue weighted by Crippen LogP contribution is -2.35. The number of benzene rings is 1. The van der Waals surface area contributed by atoms with Crippen molar-refractivity contribution in [1.82, 2.24) is 4.90 Å². The summed E-state index contributed by atoms with van der Waals surface area (Å²) in [5.74, 6) is -0.435. The Morgan fingerprint density at radius 1 is 1.61 bits per heavy atom. The van der Waals surface area contributed by atoms with Gasteiger partial charge < -0.3 is 10.6 Å². The van der Waals surface area contributed by atoms with E-state index in [-0.39, 0.29) is 17.5 Å². The predicted molar refractivity (Wildman–Crippen MR) is 71.8 cm³/mol. The topological polar surface area (TPSA) is 46.3 Å². The summed E-state index contributed by atoms with van der Waals surface area (Å²) < 4.78 is 14.3. The summed E-state index contributed by atoms with van der Waals surface area (Å²) in [4.78, 5) is 14.1. The Bertz CT molecular complexity index is 446. The molecule has 18 heavy (non-hydrogen) atoms. The Morgan fingerprint density at radius 3 is 2.89 bits per heavy atom. The second-order valence-electron chi connectivity index (χ2n) is 4.74. The molecule has 1 amide bonds. The van der Waals surface area contributed by atoms with Gasteiger partial charge in [-0.3, -0.25) is 4.79 Å². The molecule has 2 unspecified atom stereocenters. The third-order valence-electron chi connectivity index (χ3n) is 3.43. The average Bonchev–Trinajstić information content (AvgIpc) is 2.70. The van der Waals surface area contributed by atoms with E-state index in [1.165, 1.54) is 6.07 Å². The molecule has 3 nitrogen and oxygen atoms in total. The SMILES string of the molecule is CC1CC(CN)CN1C(=O)c1c(F)cccc1Br. The van der Waals surface area contributed by atoms with Crippen LogP contribution in [0.25, 0.3) is 0 Å². The van der Waals surface area contributed by atoms with Gasteiger partial charge in [-0.25, -0.2) is 4.39 Å². The molecule has 0 aliphatic carbocycles. The van der Waals surface area contributed by atoms with Crippen LogP contribution in [-0.4, -0.2) is 29.9 Å². The summed E-state index contributed by atoms with van der Waals surface area (Å²) in [6.45, 7) is 3.14. The van der Waals surface area contributed by atoms with E-state index in [1.54, 1.807) is 17.0 Å². The third-order valence-corrected chi connectivity index (χ3v) is 4.09. The number of amides is 1. The summed E-state index contributed by atoms with van der Waals surface area (Å²) >= 11 is 3.23. The Hall–Kier alpha value is -0.940. The normalized spacial score (nSPS) is 23.4. The maximum Gasteiger partial charge on any atom is 0.258 e. The van der Waals surface area contributed by atoms with Gasteiger partial charge in [0.15, 0.2) is 0 Å². The van der Waals surface area contributed by atoms with Gasteiger partial charge in [-0.15, -0.1) is 0 Å². The highest BCUT2D eigenvalue weighted by Crippen LogP contribution is 2.27. The molecule has 2 rings (SSSR count). The number of rotatable bonds is 2. The molecular weight excluding hydrogens is 299 g/mol. The minimum Gasteiger partial charge on any atom is -0.335 e. The molecule has 98 valence electrons. The first-order valence-corrected chi connectivity index (χ1v) is 6.79. The first-order chi connectivity index (χ1) is 8.54. The van der Waals surface area contributed by atoms with Crippen molar-refractivity contribution in [1.29, 1.82) is 0 Å². The minimum absolute atomic E-state index is 0.109. The van der Waals surface area contributed by atoms with Gasteiger partial charge in [0.2, 0.25) is 0 Å². The van der Waals surface area contributed by atoms with Crippen molar-refractivity contribution in [3.8, 4) is 0 Å². The van der Waals surface area contributed by atoms with Gasteiger partial charge in [-0.05, 0) is 53.9 Å². The van der Waals surface area contributed by atoms with Crippen LogP contribution in [0.5, 0.6) is 0 Å². The van der Waals surface area contributed by atoms with Crippen LogP contribution >= 0.6 is 15.9 Å². The number of likely N-dealkylation sites (tertiary alicyclic amines) is 1. The quantitative estimate of drug-likeness (QED) is 0.911. The summed E-state index contributed by atoms with van der Waals surface area (Å²) in [7, 11) is 0. The van der Waals surface area contributed by atoms with Crippen LogP contribution in [0.1, 0.15) is 23.7 Å². The number of nitrogens with zero attached hydrogens (tertiary/aromatic N) is 1. The van der Waals surface area contributed by atoms with E-state index in [0.717, 1.165) is 6.42 Å². The van der Waals surface area contributed by atoms with Gasteiger partial charge in [-0.2, -0.15) is 0 Å². The maximum atomic E-state index is 13.8. The zero-order chi connectivity index (χ0) is 13.3. The lowest BCUT2D eigenvalue weighted by atomic mass is 10.1. The molecule has 0 saturated carbocycles. The first kappa shape index (κ1) is 13.5. The summed E-state index contributed by atoms with van der Waals surface area (Å²) in [6, 6.07) is 4.67. The molecule has 1 aliphatic heterocycles. The predicted octanol–water partition coefficient (Wildman–Crippen LogP) is 2.40. The van der Waals surface area contributed by atoms with E-state index < -0.39 is 5.82 Å². The van der Waals surface area contributed by atoms with Crippen molar-refractivity contribution in [3.63, 3.8) is 0 Å². The molecule has 1 heterocycles. The highest BCUT2D eigenvalue weighted by Gasteiger charge is 2.33. The summed E-state index contributed by atoms with van der Waals surface area (Å²) in [5, 5.41) is 0. The Kier molecular flexibility index (Phi) is 4.02. The number of hydrogen-bond acceptors (Lipinski definition) is 2. The fraction of sp³-hybridized carbons (Fsp3) is 0.462. The third kappa shape index (κ3) is 2.42. The number of nitrogens with two attached hydrogens (primary N) is 1. The summed E-state index contributed by atoms with van der Waals surface area (Å²) in [6.07, 6.45) is 0.883. The molecule has 1 aromatic carbocycles. The van der Waals surface area contributed by atoms with E-state index >= 15 is 0 Å². The molecule has 0 spiro atoms. The molecule has 1 fully saturated rings. The van der Waals surface area contributed by atoms with Crippen LogP contribution in [0.2, 0.25) is 0 Å². The van der Waals surface area contributed by atoms with Gasteiger partial charge in [0.1, 0.15) is 5.82 Å². The Balaban J connectivity index is 2.27. The molecule has 2 atom stereocenters. The second-order valence-corrected chi connectivity index (χ2v) is 5.59. The second kappa shape index (κ2) is 5.36. The number of halogens is 2. The highest BCUT2D eigenvalue weighted by molar-refractivity contribution is 9.10. The summed E-state index contributed by atoms with van der Waals surface area (Å²) in [5.41, 5.74) is 5.75. The number of carbonyl (C=O) groups is 1. The number of hydrogen-bond donors (Lipinski definition) is 1. The van der Waals surface area contributed by atoms with Gasteiger partial charge in [0.05, 0.1) is 5.56 Å². The molecule has 1 aromatic rings. The molecule has 1 saturated heterocycles. The Morgan fingerprint density at radius 2 is 2.33 bits per heavy atom. The molecule has 0 bridgehead atoms. The van der Waals surface area contributed by atoms with E-state index in [4.69, 9.17) is 5.73 Å². The molecule has 5 heteroatoms. The minimum atomic E-state index is -0.488. The van der Waals surface area contributed by atoms with Crippen LogP contribution in [0, 0.1) is 11.7 Å². The van der Waals surface area contributed by atoms with Crippen LogP contribution in [0.15, 0.2) is 22.7 Å². The van der Waals surface area contributed by atoms with E-state index in [2.05, 4.69) is 15.9 Å². The fourth-order valence-corrected chi connectivity index (χ4v) is 2.95. The van der Waals surface area contributed by atoms with Crippen molar-refractivity contribution >= 4 is 21.8 Å². The molecular formula is C13H16BrFN2O. The standard InChI is InChI=1S/C13H16BrFN2O/c1-8-5-9(6-16)7-17(8)13(18)12-10(14)3-2-4-11(12)15/h2-4,8-9H,5-7,16H2,1H3. The lowest BCUT2D eigenvalue weighted by Gasteiger charge is -2.22. The molecule has 0 aromatic heterocycles. The van der Waals surface area contributed by atoms with Gasteiger partial charge in [0.25, 0.3) is 5.91 Å². The first-order valence-electron chi connectivity index (χ1n) is 5.99. The number of carbonyl (C=O) groups excluding carboxylic acids is 1. The fourth-order valence-electron chi connectivity index (χ4n) is 2.44. The zero-order valence-corrected chi connectivity index (χ0v) is 11.8. The van der Waals surface area contributed by atoms with Crippen molar-refractivity contribution in [2.75, 3.05) is 13.1 Å². The molecule has 2 N–H and O–H groups in total. The lowest BCUT2D eigenvalue weighted by molar-refractivity contribution is 0.0737. The van der Waals surface area contributed by atoms with Gasteiger partial charge >= 0.3 is 0 Å². The average molecular weight is 315 g/mol. The van der Waals surface area contributed by atoms with Crippen molar-refractivity contribution in [2.24, 2.45) is 11.7 Å². The Labute approximate surface area is 114 Å². The zero-order valence-electron chi connectivity index (χ0n) is 10.2. The van der Waals surface area contributed by atoms with Crippen LogP contribution in [-0.2, 0) is 0 Å². The van der Waals surface area contributed by atoms with Crippen molar-refractivity contribution < 1.29 is 9.18 Å². The van der Waals surface area contributed by atoms with E-state index in [9.17, 15) is 9.18 Å². The molecule has 1 aliphatic rings. The van der Waals surface area contributed by atoms with E-state index in [1.807, 2.05) is 6.92 Å². The van der Waals surface area contributed by atoms with Gasteiger partial charge in [0, 0.05) is 17.1 Å².